The van der Waals surface area contributed by atoms with Crippen LogP contribution in [0.5, 0.6) is 0 Å². The SMILES string of the molecule is OCCC1(NCc2ccccc2)CCCCC1. The van der Waals surface area contributed by atoms with Crippen LogP contribution < -0.4 is 5.32 Å². The molecule has 17 heavy (non-hydrogen) atoms. The molecule has 2 rings (SSSR count). The van der Waals surface area contributed by atoms with Gasteiger partial charge in [0.2, 0.25) is 0 Å². The lowest BCUT2D eigenvalue weighted by molar-refractivity contribution is 0.163. The summed E-state index contributed by atoms with van der Waals surface area (Å²) < 4.78 is 0. The van der Waals surface area contributed by atoms with Gasteiger partial charge in [0.1, 0.15) is 0 Å². The zero-order chi connectivity index (χ0) is 12.0. The Labute approximate surface area is 104 Å². The van der Waals surface area contributed by atoms with E-state index in [1.54, 1.807) is 0 Å². The van der Waals surface area contributed by atoms with E-state index in [1.165, 1.54) is 37.7 Å². The van der Waals surface area contributed by atoms with E-state index in [1.807, 2.05) is 6.07 Å². The Kier molecular flexibility index (Phi) is 4.57. The quantitative estimate of drug-likeness (QED) is 0.819. The van der Waals surface area contributed by atoms with Crippen LogP contribution in [0.4, 0.5) is 0 Å². The highest BCUT2D eigenvalue weighted by Gasteiger charge is 2.30. The molecule has 2 heteroatoms. The third kappa shape index (κ3) is 3.55. The van der Waals surface area contributed by atoms with Gasteiger partial charge < -0.3 is 10.4 Å². The highest BCUT2D eigenvalue weighted by atomic mass is 16.3. The van der Waals surface area contributed by atoms with Crippen molar-refractivity contribution in [3.8, 4) is 0 Å². The average molecular weight is 233 g/mol. The van der Waals surface area contributed by atoms with E-state index in [0.29, 0.717) is 6.61 Å². The zero-order valence-electron chi connectivity index (χ0n) is 10.5. The van der Waals surface area contributed by atoms with Gasteiger partial charge in [-0.1, -0.05) is 49.6 Å². The van der Waals surface area contributed by atoms with Gasteiger partial charge in [-0.2, -0.15) is 0 Å². The van der Waals surface area contributed by atoms with Crippen molar-refractivity contribution in [1.29, 1.82) is 0 Å². The van der Waals surface area contributed by atoms with Crippen molar-refractivity contribution in [3.63, 3.8) is 0 Å². The molecule has 1 aromatic rings. The Morgan fingerprint density at radius 2 is 1.76 bits per heavy atom. The molecule has 0 atom stereocenters. The minimum Gasteiger partial charge on any atom is -0.396 e. The standard InChI is InChI=1S/C15H23NO/c17-12-11-15(9-5-2-6-10-15)16-13-14-7-3-1-4-8-14/h1,3-4,7-8,16-17H,2,5-6,9-13H2. The smallest absolute Gasteiger partial charge is 0.0448 e. The molecule has 0 saturated heterocycles. The van der Waals surface area contributed by atoms with E-state index in [9.17, 15) is 5.11 Å². The van der Waals surface area contributed by atoms with Gasteiger partial charge in [-0.15, -0.1) is 0 Å². The maximum absolute atomic E-state index is 9.24. The molecule has 0 heterocycles. The summed E-state index contributed by atoms with van der Waals surface area (Å²) in [7, 11) is 0. The fourth-order valence-electron chi connectivity index (χ4n) is 2.84. The van der Waals surface area contributed by atoms with Gasteiger partial charge in [0.25, 0.3) is 0 Å². The Hall–Kier alpha value is -0.860. The van der Waals surface area contributed by atoms with Crippen LogP contribution in [-0.2, 0) is 6.54 Å². The fraction of sp³-hybridized carbons (Fsp3) is 0.600. The van der Waals surface area contributed by atoms with Crippen molar-refractivity contribution in [2.75, 3.05) is 6.61 Å². The molecule has 0 spiro atoms. The molecule has 1 saturated carbocycles. The highest BCUT2D eigenvalue weighted by molar-refractivity contribution is 5.14. The molecule has 1 aromatic carbocycles. The van der Waals surface area contributed by atoms with Gasteiger partial charge in [0.05, 0.1) is 0 Å². The van der Waals surface area contributed by atoms with Crippen LogP contribution in [0.2, 0.25) is 0 Å². The third-order valence-corrected chi connectivity index (χ3v) is 3.91. The van der Waals surface area contributed by atoms with Gasteiger partial charge in [0, 0.05) is 18.7 Å². The van der Waals surface area contributed by atoms with Gasteiger partial charge in [-0.25, -0.2) is 0 Å². The molecular formula is C15H23NO. The highest BCUT2D eigenvalue weighted by Crippen LogP contribution is 2.31. The lowest BCUT2D eigenvalue weighted by Crippen LogP contribution is -2.47. The van der Waals surface area contributed by atoms with E-state index in [4.69, 9.17) is 0 Å². The predicted octanol–water partition coefficient (Wildman–Crippen LogP) is 2.86. The van der Waals surface area contributed by atoms with Crippen LogP contribution in [0, 0.1) is 0 Å². The largest absolute Gasteiger partial charge is 0.396 e. The first kappa shape index (κ1) is 12.6. The Morgan fingerprint density at radius 1 is 1.06 bits per heavy atom. The van der Waals surface area contributed by atoms with Crippen LogP contribution in [0.15, 0.2) is 30.3 Å². The van der Waals surface area contributed by atoms with E-state index in [-0.39, 0.29) is 5.54 Å². The molecule has 1 aliphatic rings. The predicted molar refractivity (Wildman–Crippen MR) is 70.8 cm³/mol. The van der Waals surface area contributed by atoms with E-state index in [2.05, 4.69) is 29.6 Å². The van der Waals surface area contributed by atoms with Crippen molar-refractivity contribution in [2.45, 2.75) is 50.6 Å². The lowest BCUT2D eigenvalue weighted by atomic mass is 9.79. The summed E-state index contributed by atoms with van der Waals surface area (Å²) in [5.74, 6) is 0. The molecule has 0 unspecified atom stereocenters. The summed E-state index contributed by atoms with van der Waals surface area (Å²) in [6.45, 7) is 1.21. The second-order valence-electron chi connectivity index (χ2n) is 5.15. The maximum Gasteiger partial charge on any atom is 0.0448 e. The van der Waals surface area contributed by atoms with Crippen molar-refractivity contribution >= 4 is 0 Å². The van der Waals surface area contributed by atoms with Gasteiger partial charge >= 0.3 is 0 Å². The topological polar surface area (TPSA) is 32.3 Å². The number of rotatable bonds is 5. The summed E-state index contributed by atoms with van der Waals surface area (Å²) in [5, 5.41) is 12.9. The first-order chi connectivity index (χ1) is 8.35. The molecule has 2 N–H and O–H groups in total. The van der Waals surface area contributed by atoms with Gasteiger partial charge in [-0.3, -0.25) is 0 Å². The second kappa shape index (κ2) is 6.18. The first-order valence-corrected chi connectivity index (χ1v) is 6.74. The van der Waals surface area contributed by atoms with Crippen molar-refractivity contribution in [1.82, 2.24) is 5.32 Å². The first-order valence-electron chi connectivity index (χ1n) is 6.74. The number of aliphatic hydroxyl groups is 1. The molecule has 0 aliphatic heterocycles. The van der Waals surface area contributed by atoms with Crippen LogP contribution >= 0.6 is 0 Å². The van der Waals surface area contributed by atoms with E-state index < -0.39 is 0 Å². The van der Waals surface area contributed by atoms with Crippen molar-refractivity contribution < 1.29 is 5.11 Å². The molecule has 2 nitrogen and oxygen atoms in total. The number of hydrogen-bond acceptors (Lipinski definition) is 2. The van der Waals surface area contributed by atoms with Crippen LogP contribution in [0.1, 0.15) is 44.1 Å². The van der Waals surface area contributed by atoms with Crippen LogP contribution in [-0.4, -0.2) is 17.3 Å². The number of nitrogens with one attached hydrogen (secondary N) is 1. The van der Waals surface area contributed by atoms with Crippen LogP contribution in [0.25, 0.3) is 0 Å². The molecule has 0 bridgehead atoms. The van der Waals surface area contributed by atoms with Gasteiger partial charge in [-0.05, 0) is 24.8 Å². The maximum atomic E-state index is 9.24. The number of aliphatic hydroxyl groups excluding tert-OH is 1. The Morgan fingerprint density at radius 3 is 2.41 bits per heavy atom. The minimum absolute atomic E-state index is 0.183. The molecule has 0 radical (unpaired) electrons. The summed E-state index contributed by atoms with van der Waals surface area (Å²) >= 11 is 0. The molecular weight excluding hydrogens is 210 g/mol. The van der Waals surface area contributed by atoms with Crippen LogP contribution in [0.3, 0.4) is 0 Å². The van der Waals surface area contributed by atoms with E-state index in [0.717, 1.165) is 13.0 Å². The Balaban J connectivity index is 1.93. The molecule has 1 aliphatic carbocycles. The lowest BCUT2D eigenvalue weighted by Gasteiger charge is -2.38. The summed E-state index contributed by atoms with van der Waals surface area (Å²) in [6, 6.07) is 10.5. The molecule has 1 fully saturated rings. The number of benzene rings is 1. The van der Waals surface area contributed by atoms with E-state index >= 15 is 0 Å². The zero-order valence-corrected chi connectivity index (χ0v) is 10.5. The normalized spacial score (nSPS) is 19.1. The summed E-state index contributed by atoms with van der Waals surface area (Å²) in [6.07, 6.45) is 7.24. The van der Waals surface area contributed by atoms with Crippen molar-refractivity contribution in [3.05, 3.63) is 35.9 Å². The second-order valence-corrected chi connectivity index (χ2v) is 5.15. The molecule has 94 valence electrons. The monoisotopic (exact) mass is 233 g/mol. The summed E-state index contributed by atoms with van der Waals surface area (Å²) in [4.78, 5) is 0. The van der Waals surface area contributed by atoms with Crippen molar-refractivity contribution in [2.24, 2.45) is 0 Å². The minimum atomic E-state index is 0.183. The molecule has 0 amide bonds. The third-order valence-electron chi connectivity index (χ3n) is 3.91. The molecule has 0 aromatic heterocycles. The fourth-order valence-corrected chi connectivity index (χ4v) is 2.84. The summed E-state index contributed by atoms with van der Waals surface area (Å²) in [5.41, 5.74) is 1.51. The van der Waals surface area contributed by atoms with Gasteiger partial charge in [0.15, 0.2) is 0 Å². The average Bonchev–Trinajstić information content (AvgIpc) is 2.39. The Bertz CT molecular complexity index is 311. The number of hydrogen-bond donors (Lipinski definition) is 2.